The number of aliphatic carboxylic acids is 1. The highest BCUT2D eigenvalue weighted by Gasteiger charge is 2.24. The van der Waals surface area contributed by atoms with Gasteiger partial charge < -0.3 is 15.4 Å². The number of benzene rings is 1. The molecule has 0 aliphatic heterocycles. The van der Waals surface area contributed by atoms with Crippen molar-refractivity contribution in [2.45, 2.75) is 19.4 Å². The van der Waals surface area contributed by atoms with Gasteiger partial charge in [-0.3, -0.25) is 4.79 Å². The number of carboxylic acid groups (broad SMARTS) is 1. The summed E-state index contributed by atoms with van der Waals surface area (Å²) in [6, 6.07) is 6.22. The van der Waals surface area contributed by atoms with E-state index < -0.39 is 33.5 Å². The zero-order chi connectivity index (χ0) is 17.0. The Labute approximate surface area is 133 Å². The van der Waals surface area contributed by atoms with Crippen molar-refractivity contribution in [2.24, 2.45) is 0 Å². The van der Waals surface area contributed by atoms with Gasteiger partial charge in [0.25, 0.3) is 0 Å². The molecule has 0 radical (unpaired) electrons. The van der Waals surface area contributed by atoms with E-state index in [0.717, 1.165) is 16.5 Å². The largest absolute Gasteiger partial charge is 0.480 e. The number of amides is 1. The summed E-state index contributed by atoms with van der Waals surface area (Å²) in [6.07, 6.45) is 1.76. The van der Waals surface area contributed by atoms with Crippen LogP contribution in [0.15, 0.2) is 30.5 Å². The van der Waals surface area contributed by atoms with Crippen LogP contribution in [0.1, 0.15) is 12.5 Å². The molecule has 1 unspecified atom stereocenters. The van der Waals surface area contributed by atoms with Gasteiger partial charge in [0.15, 0.2) is 9.84 Å². The minimum absolute atomic E-state index is 0.0667. The van der Waals surface area contributed by atoms with Gasteiger partial charge in [-0.05, 0) is 11.6 Å². The molecule has 0 fully saturated rings. The second-order valence-corrected chi connectivity index (χ2v) is 7.55. The molecule has 0 saturated heterocycles. The molecule has 124 valence electrons. The monoisotopic (exact) mass is 338 g/mol. The van der Waals surface area contributed by atoms with Crippen LogP contribution >= 0.6 is 0 Å². The molecule has 1 amide bonds. The maximum Gasteiger partial charge on any atom is 0.326 e. The molecule has 23 heavy (non-hydrogen) atoms. The number of H-pyrrole nitrogens is 1. The van der Waals surface area contributed by atoms with Crippen molar-refractivity contribution in [2.75, 3.05) is 11.5 Å². The Morgan fingerprint density at radius 3 is 2.65 bits per heavy atom. The fourth-order valence-electron chi connectivity index (χ4n) is 2.26. The summed E-state index contributed by atoms with van der Waals surface area (Å²) < 4.78 is 22.9. The number of carboxylic acids is 1. The Kier molecular flexibility index (Phi) is 5.05. The van der Waals surface area contributed by atoms with Gasteiger partial charge in [-0.1, -0.05) is 25.1 Å². The Hall–Kier alpha value is -2.35. The number of rotatable bonds is 7. The predicted octanol–water partition coefficient (Wildman–Crippen LogP) is 0.714. The number of carbonyl (C=O) groups is 2. The van der Waals surface area contributed by atoms with Crippen molar-refractivity contribution >= 4 is 32.6 Å². The average Bonchev–Trinajstić information content (AvgIpc) is 2.89. The molecule has 1 aromatic carbocycles. The molecular weight excluding hydrogens is 320 g/mol. The van der Waals surface area contributed by atoms with E-state index in [4.69, 9.17) is 0 Å². The van der Waals surface area contributed by atoms with Crippen molar-refractivity contribution in [3.8, 4) is 0 Å². The number of hydrogen-bond acceptors (Lipinski definition) is 4. The summed E-state index contributed by atoms with van der Waals surface area (Å²) >= 11 is 0. The second kappa shape index (κ2) is 6.82. The summed E-state index contributed by atoms with van der Waals surface area (Å²) in [7, 11) is -3.50. The van der Waals surface area contributed by atoms with Crippen LogP contribution < -0.4 is 5.32 Å². The van der Waals surface area contributed by atoms with Crippen molar-refractivity contribution in [3.05, 3.63) is 36.0 Å². The van der Waals surface area contributed by atoms with Crippen LogP contribution in [0.2, 0.25) is 0 Å². The van der Waals surface area contributed by atoms with Gasteiger partial charge >= 0.3 is 5.97 Å². The molecule has 0 spiro atoms. The summed E-state index contributed by atoms with van der Waals surface area (Å²) in [5, 5.41) is 12.4. The first-order valence-electron chi connectivity index (χ1n) is 7.10. The van der Waals surface area contributed by atoms with Gasteiger partial charge in [0, 0.05) is 29.3 Å². The molecule has 0 bridgehead atoms. The minimum Gasteiger partial charge on any atom is -0.480 e. The molecule has 0 aliphatic carbocycles. The molecule has 2 rings (SSSR count). The summed E-state index contributed by atoms with van der Waals surface area (Å²) in [5.41, 5.74) is 1.61. The number of fused-ring (bicyclic) bond motifs is 1. The molecule has 8 heteroatoms. The lowest BCUT2D eigenvalue weighted by atomic mass is 10.1. The normalized spacial score (nSPS) is 12.9. The Morgan fingerprint density at radius 1 is 1.30 bits per heavy atom. The zero-order valence-electron chi connectivity index (χ0n) is 12.6. The molecule has 2 aromatic rings. The second-order valence-electron chi connectivity index (χ2n) is 5.20. The quantitative estimate of drug-likeness (QED) is 0.687. The summed E-state index contributed by atoms with van der Waals surface area (Å²) in [4.78, 5) is 26.2. The number of nitrogens with one attached hydrogen (secondary N) is 2. The van der Waals surface area contributed by atoms with Crippen LogP contribution in [0.3, 0.4) is 0 Å². The van der Waals surface area contributed by atoms with E-state index in [1.165, 1.54) is 6.92 Å². The lowest BCUT2D eigenvalue weighted by Gasteiger charge is -2.14. The number of carbonyl (C=O) groups excluding carboxylic acids is 1. The van der Waals surface area contributed by atoms with E-state index in [1.807, 2.05) is 24.3 Å². The van der Waals surface area contributed by atoms with E-state index in [9.17, 15) is 23.1 Å². The zero-order valence-corrected chi connectivity index (χ0v) is 13.4. The molecule has 0 aliphatic rings. The van der Waals surface area contributed by atoms with Crippen molar-refractivity contribution in [1.29, 1.82) is 0 Å². The summed E-state index contributed by atoms with van der Waals surface area (Å²) in [6.45, 7) is 1.43. The van der Waals surface area contributed by atoms with Gasteiger partial charge in [-0.25, -0.2) is 13.2 Å². The Balaban J connectivity index is 2.13. The average molecular weight is 338 g/mol. The standard InChI is InChI=1S/C15H18N2O5S/c1-2-23(21,22)9-14(18)17-13(15(19)20)7-10-8-16-12-6-4-3-5-11(10)12/h3-6,8,13,16H,2,7,9H2,1H3,(H,17,18)(H,19,20). The number of para-hydroxylation sites is 1. The smallest absolute Gasteiger partial charge is 0.326 e. The SMILES string of the molecule is CCS(=O)(=O)CC(=O)NC(Cc1c[nH]c2ccccc12)C(=O)O. The third kappa shape index (κ3) is 4.32. The van der Waals surface area contributed by atoms with Crippen LogP contribution in [-0.2, 0) is 25.8 Å². The summed E-state index contributed by atoms with van der Waals surface area (Å²) in [5.74, 6) is -2.89. The topological polar surface area (TPSA) is 116 Å². The fraction of sp³-hybridized carbons (Fsp3) is 0.333. The lowest BCUT2D eigenvalue weighted by Crippen LogP contribution is -2.44. The maximum atomic E-state index is 11.8. The lowest BCUT2D eigenvalue weighted by molar-refractivity contribution is -0.141. The van der Waals surface area contributed by atoms with Crippen LogP contribution in [0.5, 0.6) is 0 Å². The van der Waals surface area contributed by atoms with Crippen LogP contribution in [-0.4, -0.2) is 47.9 Å². The van der Waals surface area contributed by atoms with E-state index >= 15 is 0 Å². The number of hydrogen-bond donors (Lipinski definition) is 3. The van der Waals surface area contributed by atoms with Gasteiger partial charge in [-0.15, -0.1) is 0 Å². The first-order valence-corrected chi connectivity index (χ1v) is 8.92. The van der Waals surface area contributed by atoms with Crippen molar-refractivity contribution < 1.29 is 23.1 Å². The van der Waals surface area contributed by atoms with E-state index in [1.54, 1.807) is 6.20 Å². The minimum atomic E-state index is -3.50. The predicted molar refractivity (Wildman–Crippen MR) is 85.9 cm³/mol. The highest BCUT2D eigenvalue weighted by molar-refractivity contribution is 7.92. The highest BCUT2D eigenvalue weighted by Crippen LogP contribution is 2.19. The third-order valence-electron chi connectivity index (χ3n) is 3.52. The van der Waals surface area contributed by atoms with Crippen LogP contribution in [0, 0.1) is 0 Å². The van der Waals surface area contributed by atoms with Gasteiger partial charge in [0.2, 0.25) is 5.91 Å². The van der Waals surface area contributed by atoms with E-state index in [2.05, 4.69) is 10.3 Å². The molecule has 0 saturated carbocycles. The van der Waals surface area contributed by atoms with E-state index in [-0.39, 0.29) is 12.2 Å². The number of aromatic amines is 1. The maximum absolute atomic E-state index is 11.8. The molecule has 1 atom stereocenters. The Bertz CT molecular complexity index is 825. The number of sulfone groups is 1. The van der Waals surface area contributed by atoms with Gasteiger partial charge in [-0.2, -0.15) is 0 Å². The van der Waals surface area contributed by atoms with Crippen LogP contribution in [0.25, 0.3) is 10.9 Å². The van der Waals surface area contributed by atoms with Gasteiger partial charge in [0.1, 0.15) is 11.8 Å². The first-order chi connectivity index (χ1) is 10.8. The molecule has 3 N–H and O–H groups in total. The first kappa shape index (κ1) is 17.0. The number of aromatic nitrogens is 1. The molecule has 1 heterocycles. The molecule has 7 nitrogen and oxygen atoms in total. The van der Waals surface area contributed by atoms with E-state index in [0.29, 0.717) is 0 Å². The molecular formula is C15H18N2O5S. The third-order valence-corrected chi connectivity index (χ3v) is 5.10. The Morgan fingerprint density at radius 2 is 2.00 bits per heavy atom. The van der Waals surface area contributed by atoms with Gasteiger partial charge in [0.05, 0.1) is 0 Å². The highest BCUT2D eigenvalue weighted by atomic mass is 32.2. The van der Waals surface area contributed by atoms with Crippen molar-refractivity contribution in [1.82, 2.24) is 10.3 Å². The fourth-order valence-corrected chi connectivity index (χ4v) is 2.95. The molecule has 1 aromatic heterocycles. The van der Waals surface area contributed by atoms with Crippen LogP contribution in [0.4, 0.5) is 0 Å². The van der Waals surface area contributed by atoms with Crippen molar-refractivity contribution in [3.63, 3.8) is 0 Å².